The highest BCUT2D eigenvalue weighted by atomic mass is 16.5. The van der Waals surface area contributed by atoms with E-state index in [1.807, 2.05) is 0 Å². The van der Waals surface area contributed by atoms with Crippen molar-refractivity contribution in [1.29, 1.82) is 5.26 Å². The molecule has 1 saturated heterocycles. The molecule has 4 rings (SSSR count). The number of aromatic nitrogens is 2. The Morgan fingerprint density at radius 2 is 1.91 bits per heavy atom. The maximum atomic E-state index is 12.1. The van der Waals surface area contributed by atoms with Gasteiger partial charge in [0.1, 0.15) is 0 Å². The number of benzene rings is 2. The van der Waals surface area contributed by atoms with Gasteiger partial charge in [0.15, 0.2) is 5.82 Å². The second kappa shape index (κ2) is 11.2. The lowest BCUT2D eigenvalue weighted by molar-refractivity contribution is -0.116. The van der Waals surface area contributed by atoms with E-state index in [1.165, 1.54) is 30.6 Å². The van der Waals surface area contributed by atoms with Gasteiger partial charge < -0.3 is 9.84 Å². The Balaban J connectivity index is 1.16. The minimum absolute atomic E-state index is 0.166. The maximum Gasteiger partial charge on any atom is 0.258 e. The first-order chi connectivity index (χ1) is 16.2. The average molecular weight is 442 g/mol. The van der Waals surface area contributed by atoms with Crippen molar-refractivity contribution in [1.82, 2.24) is 20.4 Å². The normalized spacial score (nSPS) is 14.9. The largest absolute Gasteiger partial charge is 0.353 e. The predicted octanol–water partition coefficient (Wildman–Crippen LogP) is 4.04. The highest BCUT2D eigenvalue weighted by Gasteiger charge is 2.19. The molecule has 1 aliphatic heterocycles. The third-order valence-electron chi connectivity index (χ3n) is 5.89. The molecular formula is C26H27N5O2. The average Bonchev–Trinajstić information content (AvgIpc) is 3.34. The van der Waals surface area contributed by atoms with Crippen LogP contribution in [-0.4, -0.2) is 40.6 Å². The molecule has 1 fully saturated rings. The summed E-state index contributed by atoms with van der Waals surface area (Å²) < 4.78 is 5.23. The fourth-order valence-electron chi connectivity index (χ4n) is 3.99. The van der Waals surface area contributed by atoms with Crippen LogP contribution in [0.2, 0.25) is 0 Å². The van der Waals surface area contributed by atoms with E-state index in [9.17, 15) is 4.79 Å². The molecule has 1 aliphatic rings. The van der Waals surface area contributed by atoms with Crippen LogP contribution in [0.25, 0.3) is 17.5 Å². The van der Waals surface area contributed by atoms with Crippen LogP contribution in [0.3, 0.4) is 0 Å². The summed E-state index contributed by atoms with van der Waals surface area (Å²) >= 11 is 0. The van der Waals surface area contributed by atoms with E-state index in [1.54, 1.807) is 24.3 Å². The smallest absolute Gasteiger partial charge is 0.258 e. The van der Waals surface area contributed by atoms with Crippen LogP contribution >= 0.6 is 0 Å². The highest BCUT2D eigenvalue weighted by molar-refractivity contribution is 5.91. The maximum absolute atomic E-state index is 12.1. The molecule has 2 aromatic carbocycles. The first-order valence-corrected chi connectivity index (χ1v) is 11.3. The SMILES string of the molecule is N#Cc1ccc(-c2nc(/C=C/C(=O)NCCC3CCN(Cc4ccccc4)CC3)no2)cc1. The van der Waals surface area contributed by atoms with E-state index < -0.39 is 0 Å². The van der Waals surface area contributed by atoms with Gasteiger partial charge in [0, 0.05) is 24.7 Å². The number of rotatable bonds is 8. The van der Waals surface area contributed by atoms with E-state index in [0.717, 1.165) is 31.6 Å². The molecule has 0 radical (unpaired) electrons. The van der Waals surface area contributed by atoms with Crippen LogP contribution in [0.1, 0.15) is 36.2 Å². The molecule has 7 nitrogen and oxygen atoms in total. The van der Waals surface area contributed by atoms with Gasteiger partial charge in [-0.15, -0.1) is 0 Å². The third kappa shape index (κ3) is 6.61. The van der Waals surface area contributed by atoms with Crippen molar-refractivity contribution in [3.63, 3.8) is 0 Å². The summed E-state index contributed by atoms with van der Waals surface area (Å²) in [5.41, 5.74) is 2.65. The molecule has 0 saturated carbocycles. The van der Waals surface area contributed by atoms with Gasteiger partial charge in [-0.05, 0) is 74.2 Å². The van der Waals surface area contributed by atoms with Crippen molar-refractivity contribution in [2.75, 3.05) is 19.6 Å². The van der Waals surface area contributed by atoms with Crippen molar-refractivity contribution < 1.29 is 9.32 Å². The summed E-state index contributed by atoms with van der Waals surface area (Å²) in [7, 11) is 0. The van der Waals surface area contributed by atoms with E-state index in [-0.39, 0.29) is 5.91 Å². The second-order valence-electron chi connectivity index (χ2n) is 8.27. The number of likely N-dealkylation sites (tertiary alicyclic amines) is 1. The Labute approximate surface area is 193 Å². The van der Waals surface area contributed by atoms with Gasteiger partial charge in [-0.3, -0.25) is 9.69 Å². The van der Waals surface area contributed by atoms with E-state index >= 15 is 0 Å². The lowest BCUT2D eigenvalue weighted by Gasteiger charge is -2.32. The summed E-state index contributed by atoms with van der Waals surface area (Å²) in [6.07, 6.45) is 6.28. The monoisotopic (exact) mass is 441 g/mol. The molecule has 1 amide bonds. The molecule has 0 aliphatic carbocycles. The fraction of sp³-hybridized carbons (Fsp3) is 0.308. The molecule has 168 valence electrons. The number of hydrogen-bond donors (Lipinski definition) is 1. The summed E-state index contributed by atoms with van der Waals surface area (Å²) in [5, 5.41) is 15.7. The number of nitrogens with one attached hydrogen (secondary N) is 1. The number of hydrogen-bond acceptors (Lipinski definition) is 6. The first-order valence-electron chi connectivity index (χ1n) is 11.3. The first kappa shape index (κ1) is 22.4. The molecule has 7 heteroatoms. The molecule has 33 heavy (non-hydrogen) atoms. The minimum atomic E-state index is -0.166. The van der Waals surface area contributed by atoms with E-state index in [4.69, 9.17) is 9.78 Å². The minimum Gasteiger partial charge on any atom is -0.353 e. The third-order valence-corrected chi connectivity index (χ3v) is 5.89. The van der Waals surface area contributed by atoms with Crippen LogP contribution in [0.15, 0.2) is 65.2 Å². The number of nitriles is 1. The molecule has 3 aromatic rings. The molecule has 1 aromatic heterocycles. The second-order valence-corrected chi connectivity index (χ2v) is 8.27. The zero-order valence-corrected chi connectivity index (χ0v) is 18.5. The fourth-order valence-corrected chi connectivity index (χ4v) is 3.99. The van der Waals surface area contributed by atoms with E-state index in [0.29, 0.717) is 29.7 Å². The molecule has 0 bridgehead atoms. The van der Waals surface area contributed by atoms with Gasteiger partial charge >= 0.3 is 0 Å². The molecular weight excluding hydrogens is 414 g/mol. The summed E-state index contributed by atoms with van der Waals surface area (Å²) in [6, 6.07) is 19.5. The Hall–Kier alpha value is -3.76. The summed E-state index contributed by atoms with van der Waals surface area (Å²) in [4.78, 5) is 18.9. The van der Waals surface area contributed by atoms with Gasteiger partial charge in [-0.25, -0.2) is 0 Å². The van der Waals surface area contributed by atoms with Crippen LogP contribution in [0.5, 0.6) is 0 Å². The number of carbonyl (C=O) groups is 1. The van der Waals surface area contributed by atoms with Crippen LogP contribution < -0.4 is 5.32 Å². The van der Waals surface area contributed by atoms with Crippen molar-refractivity contribution in [3.05, 3.63) is 77.6 Å². The molecule has 1 N–H and O–H groups in total. The van der Waals surface area contributed by atoms with Gasteiger partial charge in [0.25, 0.3) is 5.89 Å². The van der Waals surface area contributed by atoms with Crippen molar-refractivity contribution in [2.24, 2.45) is 5.92 Å². The lowest BCUT2D eigenvalue weighted by Crippen LogP contribution is -2.34. The highest BCUT2D eigenvalue weighted by Crippen LogP contribution is 2.21. The topological polar surface area (TPSA) is 95.0 Å². The van der Waals surface area contributed by atoms with Crippen LogP contribution in [0, 0.1) is 17.2 Å². The Morgan fingerprint density at radius 1 is 1.15 bits per heavy atom. The zero-order valence-electron chi connectivity index (χ0n) is 18.5. The summed E-state index contributed by atoms with van der Waals surface area (Å²) in [5.74, 6) is 1.16. The molecule has 0 unspecified atom stereocenters. The molecule has 2 heterocycles. The number of amides is 1. The molecule has 0 atom stereocenters. The Bertz CT molecular complexity index is 1110. The zero-order chi connectivity index (χ0) is 22.9. The van der Waals surface area contributed by atoms with E-state index in [2.05, 4.69) is 56.8 Å². The lowest BCUT2D eigenvalue weighted by atomic mass is 9.93. The van der Waals surface area contributed by atoms with Crippen molar-refractivity contribution in [2.45, 2.75) is 25.8 Å². The van der Waals surface area contributed by atoms with Crippen molar-refractivity contribution >= 4 is 12.0 Å². The Morgan fingerprint density at radius 3 is 2.64 bits per heavy atom. The quantitative estimate of drug-likeness (QED) is 0.530. The number of piperidine rings is 1. The number of nitrogens with zero attached hydrogens (tertiary/aromatic N) is 4. The van der Waals surface area contributed by atoms with Crippen LogP contribution in [-0.2, 0) is 11.3 Å². The summed E-state index contributed by atoms with van der Waals surface area (Å²) in [6.45, 7) is 3.88. The standard InChI is InChI=1S/C26H27N5O2/c27-18-21-6-8-23(9-7-21)26-29-24(30-33-26)10-11-25(32)28-15-12-20-13-16-31(17-14-20)19-22-4-2-1-3-5-22/h1-11,20H,12-17,19H2,(H,28,32)/b11-10+. The van der Waals surface area contributed by atoms with Crippen LogP contribution in [0.4, 0.5) is 0 Å². The molecule has 0 spiro atoms. The Kier molecular flexibility index (Phi) is 7.62. The van der Waals surface area contributed by atoms with Crippen molar-refractivity contribution in [3.8, 4) is 17.5 Å². The van der Waals surface area contributed by atoms with Gasteiger partial charge in [-0.2, -0.15) is 10.2 Å². The number of carbonyl (C=O) groups excluding carboxylic acids is 1. The van der Waals surface area contributed by atoms with Gasteiger partial charge in [0.2, 0.25) is 5.91 Å². The van der Waals surface area contributed by atoms with Gasteiger partial charge in [-0.1, -0.05) is 35.5 Å². The predicted molar refractivity (Wildman–Crippen MR) is 126 cm³/mol. The van der Waals surface area contributed by atoms with Gasteiger partial charge in [0.05, 0.1) is 11.6 Å².